The van der Waals surface area contributed by atoms with Crippen LogP contribution in [0.5, 0.6) is 11.5 Å². The van der Waals surface area contributed by atoms with Gasteiger partial charge in [-0.1, -0.05) is 29.3 Å². The molecule has 8 heteroatoms. The average molecular weight is 493 g/mol. The lowest BCUT2D eigenvalue weighted by Crippen LogP contribution is -2.20. The van der Waals surface area contributed by atoms with Gasteiger partial charge in [-0.25, -0.2) is 0 Å². The first-order valence-corrected chi connectivity index (χ1v) is 10.5. The van der Waals surface area contributed by atoms with Gasteiger partial charge in [-0.15, -0.1) is 0 Å². The van der Waals surface area contributed by atoms with E-state index in [1.165, 1.54) is 0 Å². The average Bonchev–Trinajstić information content (AvgIpc) is 2.66. The van der Waals surface area contributed by atoms with Crippen molar-refractivity contribution < 1.29 is 19.3 Å². The quantitative estimate of drug-likeness (QED) is 0.415. The van der Waals surface area contributed by atoms with Crippen LogP contribution >= 0.6 is 39.1 Å². The highest BCUT2D eigenvalue weighted by Crippen LogP contribution is 2.38. The largest absolute Gasteiger partial charge is 0.490 e. The number of ether oxygens (including phenoxy) is 3. The lowest BCUT2D eigenvalue weighted by molar-refractivity contribution is 0.0938. The first-order valence-electron chi connectivity index (χ1n) is 8.97. The van der Waals surface area contributed by atoms with E-state index in [0.29, 0.717) is 54.5 Å². The third-order valence-electron chi connectivity index (χ3n) is 3.78. The van der Waals surface area contributed by atoms with Crippen molar-refractivity contribution in [3.63, 3.8) is 0 Å². The number of benzene rings is 2. The molecule has 2 rings (SSSR count). The van der Waals surface area contributed by atoms with E-state index in [1.807, 2.05) is 19.1 Å². The maximum Gasteiger partial charge on any atom is 0.175 e. The van der Waals surface area contributed by atoms with Crippen LogP contribution in [0.15, 0.2) is 34.8 Å². The Labute approximate surface area is 184 Å². The van der Waals surface area contributed by atoms with Crippen LogP contribution in [0.4, 0.5) is 0 Å². The van der Waals surface area contributed by atoms with Crippen LogP contribution in [-0.2, 0) is 17.9 Å². The van der Waals surface area contributed by atoms with E-state index in [4.69, 9.17) is 42.5 Å². The minimum atomic E-state index is 0.0333. The number of nitrogens with one attached hydrogen (secondary N) is 1. The summed E-state index contributed by atoms with van der Waals surface area (Å²) in [5.74, 6) is 1.25. The number of aliphatic hydroxyl groups excluding tert-OH is 1. The molecule has 0 radical (unpaired) electrons. The van der Waals surface area contributed by atoms with Crippen molar-refractivity contribution in [1.29, 1.82) is 0 Å². The summed E-state index contributed by atoms with van der Waals surface area (Å²) in [6.45, 7) is 4.93. The molecule has 5 nitrogen and oxygen atoms in total. The zero-order valence-electron chi connectivity index (χ0n) is 15.6. The Morgan fingerprint density at radius 3 is 2.54 bits per heavy atom. The highest BCUT2D eigenvalue weighted by Gasteiger charge is 2.14. The van der Waals surface area contributed by atoms with Crippen molar-refractivity contribution in [3.05, 3.63) is 56.0 Å². The van der Waals surface area contributed by atoms with Crippen LogP contribution in [0.3, 0.4) is 0 Å². The second kappa shape index (κ2) is 12.5. The summed E-state index contributed by atoms with van der Waals surface area (Å²) in [4.78, 5) is 0. The van der Waals surface area contributed by atoms with Crippen LogP contribution in [0.25, 0.3) is 0 Å². The molecule has 0 atom stereocenters. The van der Waals surface area contributed by atoms with Crippen molar-refractivity contribution >= 4 is 39.1 Å². The lowest BCUT2D eigenvalue weighted by Gasteiger charge is -2.17. The van der Waals surface area contributed by atoms with Crippen molar-refractivity contribution in [1.82, 2.24) is 5.32 Å². The zero-order valence-corrected chi connectivity index (χ0v) is 18.7. The fourth-order valence-electron chi connectivity index (χ4n) is 2.48. The van der Waals surface area contributed by atoms with Gasteiger partial charge in [0.05, 0.1) is 30.9 Å². The number of hydrogen-bond donors (Lipinski definition) is 2. The minimum absolute atomic E-state index is 0.0333. The smallest absolute Gasteiger partial charge is 0.175 e. The molecule has 154 valence electrons. The van der Waals surface area contributed by atoms with Crippen LogP contribution in [-0.4, -0.2) is 38.1 Å². The van der Waals surface area contributed by atoms with E-state index in [9.17, 15) is 0 Å². The van der Waals surface area contributed by atoms with Crippen molar-refractivity contribution in [2.75, 3.05) is 33.0 Å². The summed E-state index contributed by atoms with van der Waals surface area (Å²) in [5, 5.41) is 13.1. The molecule has 0 saturated heterocycles. The molecule has 0 fully saturated rings. The van der Waals surface area contributed by atoms with Gasteiger partial charge in [0, 0.05) is 28.7 Å². The summed E-state index contributed by atoms with van der Waals surface area (Å²) in [6.07, 6.45) is 0. The monoisotopic (exact) mass is 491 g/mol. The first-order chi connectivity index (χ1) is 13.6. The molecule has 0 spiro atoms. The Kier molecular flexibility index (Phi) is 10.4. The molecule has 28 heavy (non-hydrogen) atoms. The predicted molar refractivity (Wildman–Crippen MR) is 116 cm³/mol. The maximum absolute atomic E-state index is 8.69. The molecule has 0 bridgehead atoms. The van der Waals surface area contributed by atoms with E-state index >= 15 is 0 Å². The van der Waals surface area contributed by atoms with Crippen LogP contribution in [0.2, 0.25) is 10.0 Å². The van der Waals surface area contributed by atoms with Gasteiger partial charge in [-0.05, 0) is 52.7 Å². The molecule has 0 aliphatic carbocycles. The second-order valence-corrected chi connectivity index (χ2v) is 7.51. The molecular formula is C20H24BrCl2NO4. The normalized spacial score (nSPS) is 10.9. The summed E-state index contributed by atoms with van der Waals surface area (Å²) < 4.78 is 17.8. The van der Waals surface area contributed by atoms with Gasteiger partial charge in [0.15, 0.2) is 11.5 Å². The van der Waals surface area contributed by atoms with Gasteiger partial charge in [0.2, 0.25) is 0 Å². The molecule has 0 amide bonds. The molecule has 0 saturated carbocycles. The Hall–Kier alpha value is -1.02. The Morgan fingerprint density at radius 1 is 1.11 bits per heavy atom. The molecule has 0 aliphatic heterocycles. The molecular weight excluding hydrogens is 469 g/mol. The topological polar surface area (TPSA) is 60.0 Å². The fraction of sp³-hybridized carbons (Fsp3) is 0.400. The van der Waals surface area contributed by atoms with E-state index in [0.717, 1.165) is 15.6 Å². The number of hydrogen-bond acceptors (Lipinski definition) is 5. The van der Waals surface area contributed by atoms with Crippen molar-refractivity contribution in [2.45, 2.75) is 20.1 Å². The number of rotatable bonds is 12. The van der Waals surface area contributed by atoms with Crippen LogP contribution in [0.1, 0.15) is 18.1 Å². The molecule has 0 aromatic heterocycles. The molecule has 2 N–H and O–H groups in total. The summed E-state index contributed by atoms with van der Waals surface area (Å²) in [5.41, 5.74) is 1.77. The SMILES string of the molecule is CCOc1cc(CNCCOCCO)cc(Br)c1OCc1c(Cl)cccc1Cl. The maximum atomic E-state index is 8.69. The summed E-state index contributed by atoms with van der Waals surface area (Å²) in [7, 11) is 0. The summed E-state index contributed by atoms with van der Waals surface area (Å²) >= 11 is 16.0. The number of aliphatic hydroxyl groups is 1. The van der Waals surface area contributed by atoms with E-state index in [-0.39, 0.29) is 13.2 Å². The molecule has 2 aromatic rings. The van der Waals surface area contributed by atoms with Gasteiger partial charge < -0.3 is 24.6 Å². The van der Waals surface area contributed by atoms with Gasteiger partial charge in [0.25, 0.3) is 0 Å². The third kappa shape index (κ3) is 7.10. The van der Waals surface area contributed by atoms with Crippen LogP contribution < -0.4 is 14.8 Å². The first kappa shape index (κ1) is 23.3. The highest BCUT2D eigenvalue weighted by atomic mass is 79.9. The van der Waals surface area contributed by atoms with Crippen LogP contribution in [0, 0.1) is 0 Å². The predicted octanol–water partition coefficient (Wildman–Crippen LogP) is 4.83. The minimum Gasteiger partial charge on any atom is -0.490 e. The van der Waals surface area contributed by atoms with Gasteiger partial charge in [-0.3, -0.25) is 0 Å². The van der Waals surface area contributed by atoms with Gasteiger partial charge in [0.1, 0.15) is 6.61 Å². The lowest BCUT2D eigenvalue weighted by atomic mass is 10.2. The van der Waals surface area contributed by atoms with Crippen molar-refractivity contribution in [3.8, 4) is 11.5 Å². The van der Waals surface area contributed by atoms with Crippen molar-refractivity contribution in [2.24, 2.45) is 0 Å². The Morgan fingerprint density at radius 2 is 1.86 bits per heavy atom. The zero-order chi connectivity index (χ0) is 20.4. The van der Waals surface area contributed by atoms with E-state index in [1.54, 1.807) is 18.2 Å². The molecule has 0 unspecified atom stereocenters. The molecule has 0 aliphatic rings. The molecule has 0 heterocycles. The number of halogens is 3. The fourth-order valence-corrected chi connectivity index (χ4v) is 3.60. The standard InChI is InChI=1S/C20H24BrCl2NO4/c1-2-27-19-11-14(12-24-6-8-26-9-7-25)10-16(21)20(19)28-13-15-17(22)4-3-5-18(15)23/h3-5,10-11,24-25H,2,6-9,12-13H2,1H3. The Bertz CT molecular complexity index is 741. The summed E-state index contributed by atoms with van der Waals surface area (Å²) in [6, 6.07) is 9.28. The van der Waals surface area contributed by atoms with Gasteiger partial charge in [-0.2, -0.15) is 0 Å². The Balaban J connectivity index is 2.05. The second-order valence-electron chi connectivity index (χ2n) is 5.84. The van der Waals surface area contributed by atoms with Gasteiger partial charge >= 0.3 is 0 Å². The van der Waals surface area contributed by atoms with E-state index < -0.39 is 0 Å². The molecule has 2 aromatic carbocycles. The highest BCUT2D eigenvalue weighted by molar-refractivity contribution is 9.10. The third-order valence-corrected chi connectivity index (χ3v) is 5.08. The van der Waals surface area contributed by atoms with E-state index in [2.05, 4.69) is 21.2 Å².